The molecule has 0 radical (unpaired) electrons. The van der Waals surface area contributed by atoms with Crippen molar-refractivity contribution in [3.05, 3.63) is 67.4 Å². The second-order valence-electron chi connectivity index (χ2n) is 6.71. The number of carbonyl (C=O) groups is 2. The molecular formula is C20H17N5O5S. The van der Waals surface area contributed by atoms with Crippen LogP contribution in [-0.2, 0) is 4.79 Å². The van der Waals surface area contributed by atoms with Gasteiger partial charge in [-0.15, -0.1) is 11.3 Å². The molecule has 0 unspecified atom stereocenters. The highest BCUT2D eigenvalue weighted by Gasteiger charge is 2.19. The van der Waals surface area contributed by atoms with Crippen LogP contribution in [-0.4, -0.2) is 33.5 Å². The monoisotopic (exact) mass is 439 g/mol. The number of aromatic nitrogens is 3. The molecule has 31 heavy (non-hydrogen) atoms. The zero-order chi connectivity index (χ0) is 22.1. The highest BCUT2D eigenvalue weighted by Crippen LogP contribution is 2.29. The molecule has 4 N–H and O–H groups in total. The SMILES string of the molecule is Cc1ccc(-c2nc(C)c(C(=O)NCC(=O)Nc3cccc4c(=O)[nH][nH]c(=O)c34)s2)o1. The number of H-pyrrole nitrogens is 2. The van der Waals surface area contributed by atoms with Crippen LogP contribution in [0.25, 0.3) is 21.5 Å². The van der Waals surface area contributed by atoms with Crippen molar-refractivity contribution in [2.24, 2.45) is 0 Å². The van der Waals surface area contributed by atoms with Gasteiger partial charge in [0.15, 0.2) is 10.8 Å². The van der Waals surface area contributed by atoms with Gasteiger partial charge in [-0.1, -0.05) is 6.07 Å². The van der Waals surface area contributed by atoms with E-state index in [4.69, 9.17) is 4.42 Å². The first-order chi connectivity index (χ1) is 14.8. The number of furan rings is 1. The van der Waals surface area contributed by atoms with Crippen molar-refractivity contribution >= 4 is 39.6 Å². The van der Waals surface area contributed by atoms with Gasteiger partial charge in [-0.05, 0) is 38.1 Å². The molecule has 4 rings (SSSR count). The Bertz CT molecular complexity index is 1430. The second kappa shape index (κ2) is 8.03. The number of fused-ring (bicyclic) bond motifs is 1. The van der Waals surface area contributed by atoms with Crippen LogP contribution in [0, 0.1) is 13.8 Å². The van der Waals surface area contributed by atoms with Gasteiger partial charge in [0.1, 0.15) is 10.6 Å². The molecule has 1 aromatic carbocycles. The first-order valence-corrected chi connectivity index (χ1v) is 10.0. The van der Waals surface area contributed by atoms with Gasteiger partial charge in [0, 0.05) is 0 Å². The molecule has 11 heteroatoms. The standard InChI is InChI=1S/C20H17N5O5S/c1-9-6-7-13(30-9)20-22-10(2)16(31-20)19(29)21-8-14(26)23-12-5-3-4-11-15(12)18(28)25-24-17(11)27/h3-7H,8H2,1-2H3,(H,21,29)(H,23,26)(H,24,27)(H,25,28). The zero-order valence-corrected chi connectivity index (χ0v) is 17.3. The van der Waals surface area contributed by atoms with Crippen molar-refractivity contribution in [1.82, 2.24) is 20.5 Å². The molecule has 0 fully saturated rings. The number of hydrogen-bond donors (Lipinski definition) is 4. The number of aromatic amines is 2. The fourth-order valence-corrected chi connectivity index (χ4v) is 3.98. The lowest BCUT2D eigenvalue weighted by molar-refractivity contribution is -0.115. The first-order valence-electron chi connectivity index (χ1n) is 9.19. The van der Waals surface area contributed by atoms with Crippen LogP contribution in [0.4, 0.5) is 5.69 Å². The number of aryl methyl sites for hydroxylation is 2. The van der Waals surface area contributed by atoms with Gasteiger partial charge in [-0.2, -0.15) is 0 Å². The maximum Gasteiger partial charge on any atom is 0.272 e. The van der Waals surface area contributed by atoms with Gasteiger partial charge < -0.3 is 15.1 Å². The van der Waals surface area contributed by atoms with Crippen molar-refractivity contribution in [3.8, 4) is 10.8 Å². The molecule has 2 amide bonds. The highest BCUT2D eigenvalue weighted by atomic mass is 32.1. The number of anilines is 1. The predicted octanol–water partition coefficient (Wildman–Crippen LogP) is 1.92. The van der Waals surface area contributed by atoms with Crippen LogP contribution in [0.5, 0.6) is 0 Å². The summed E-state index contributed by atoms with van der Waals surface area (Å²) in [7, 11) is 0. The maximum absolute atomic E-state index is 12.5. The summed E-state index contributed by atoms with van der Waals surface area (Å²) in [6.45, 7) is 3.18. The normalized spacial score (nSPS) is 10.9. The smallest absolute Gasteiger partial charge is 0.272 e. The summed E-state index contributed by atoms with van der Waals surface area (Å²) in [4.78, 5) is 53.6. The minimum absolute atomic E-state index is 0.0580. The molecule has 0 saturated carbocycles. The lowest BCUT2D eigenvalue weighted by Crippen LogP contribution is -2.33. The van der Waals surface area contributed by atoms with E-state index in [2.05, 4.69) is 25.8 Å². The maximum atomic E-state index is 12.5. The third-order valence-electron chi connectivity index (χ3n) is 4.46. The Morgan fingerprint density at radius 2 is 1.87 bits per heavy atom. The van der Waals surface area contributed by atoms with E-state index in [0.29, 0.717) is 21.3 Å². The van der Waals surface area contributed by atoms with Gasteiger partial charge in [0.05, 0.1) is 28.7 Å². The molecule has 3 heterocycles. The quantitative estimate of drug-likeness (QED) is 0.373. The highest BCUT2D eigenvalue weighted by molar-refractivity contribution is 7.17. The largest absolute Gasteiger partial charge is 0.459 e. The summed E-state index contributed by atoms with van der Waals surface area (Å²) in [5, 5.41) is 10.3. The second-order valence-corrected chi connectivity index (χ2v) is 7.71. The van der Waals surface area contributed by atoms with Gasteiger partial charge in [0.2, 0.25) is 5.91 Å². The topological polar surface area (TPSA) is 150 Å². The summed E-state index contributed by atoms with van der Waals surface area (Å²) < 4.78 is 5.53. The van der Waals surface area contributed by atoms with E-state index in [1.54, 1.807) is 19.1 Å². The molecule has 0 saturated heterocycles. The van der Waals surface area contributed by atoms with Crippen LogP contribution >= 0.6 is 11.3 Å². The molecule has 0 aliphatic carbocycles. The minimum atomic E-state index is -0.551. The molecule has 10 nitrogen and oxygen atoms in total. The van der Waals surface area contributed by atoms with E-state index >= 15 is 0 Å². The molecule has 3 aromatic heterocycles. The van der Waals surface area contributed by atoms with Gasteiger partial charge >= 0.3 is 0 Å². The molecular weight excluding hydrogens is 422 g/mol. The van der Waals surface area contributed by atoms with Gasteiger partial charge in [-0.25, -0.2) is 4.98 Å². The van der Waals surface area contributed by atoms with Crippen molar-refractivity contribution in [2.75, 3.05) is 11.9 Å². The summed E-state index contributed by atoms with van der Waals surface area (Å²) in [6, 6.07) is 8.11. The van der Waals surface area contributed by atoms with E-state index in [1.807, 2.05) is 13.0 Å². The van der Waals surface area contributed by atoms with E-state index in [1.165, 1.54) is 12.1 Å². The molecule has 0 atom stereocenters. The summed E-state index contributed by atoms with van der Waals surface area (Å²) in [6.07, 6.45) is 0. The average Bonchev–Trinajstić information content (AvgIpc) is 3.34. The van der Waals surface area contributed by atoms with Crippen LogP contribution in [0.3, 0.4) is 0 Å². The Hall–Kier alpha value is -3.99. The van der Waals surface area contributed by atoms with Crippen molar-refractivity contribution < 1.29 is 14.0 Å². The molecule has 4 aromatic rings. The lowest BCUT2D eigenvalue weighted by Gasteiger charge is -2.08. The number of amides is 2. The number of thiazole rings is 1. The molecule has 0 bridgehead atoms. The van der Waals surface area contributed by atoms with Gasteiger partial charge in [0.25, 0.3) is 17.0 Å². The average molecular weight is 439 g/mol. The van der Waals surface area contributed by atoms with Crippen LogP contribution in [0.1, 0.15) is 21.1 Å². The Kier molecular flexibility index (Phi) is 5.26. The fraction of sp³-hybridized carbons (Fsp3) is 0.150. The third kappa shape index (κ3) is 4.03. The summed E-state index contributed by atoms with van der Waals surface area (Å²) >= 11 is 1.16. The van der Waals surface area contributed by atoms with Crippen molar-refractivity contribution in [3.63, 3.8) is 0 Å². The number of rotatable bonds is 5. The first kappa shape index (κ1) is 20.3. The number of carbonyl (C=O) groups excluding carboxylic acids is 2. The number of hydrogen-bond acceptors (Lipinski definition) is 7. The number of nitrogens with zero attached hydrogens (tertiary/aromatic N) is 1. The third-order valence-corrected chi connectivity index (χ3v) is 5.63. The fourth-order valence-electron chi connectivity index (χ4n) is 3.03. The van der Waals surface area contributed by atoms with E-state index in [0.717, 1.165) is 17.1 Å². The van der Waals surface area contributed by atoms with Crippen LogP contribution < -0.4 is 21.8 Å². The molecule has 0 spiro atoms. The Labute approximate surface area is 178 Å². The predicted molar refractivity (Wildman–Crippen MR) is 115 cm³/mol. The van der Waals surface area contributed by atoms with E-state index in [-0.39, 0.29) is 23.0 Å². The molecule has 0 aliphatic heterocycles. The Morgan fingerprint density at radius 3 is 2.61 bits per heavy atom. The lowest BCUT2D eigenvalue weighted by atomic mass is 10.1. The van der Waals surface area contributed by atoms with E-state index in [9.17, 15) is 19.2 Å². The van der Waals surface area contributed by atoms with Crippen LogP contribution in [0.15, 0.2) is 44.3 Å². The number of nitrogens with one attached hydrogen (secondary N) is 4. The number of benzene rings is 1. The Morgan fingerprint density at radius 1 is 1.10 bits per heavy atom. The Balaban J connectivity index is 1.47. The van der Waals surface area contributed by atoms with E-state index < -0.39 is 22.9 Å². The summed E-state index contributed by atoms with van der Waals surface area (Å²) in [5.41, 5.74) is -0.335. The molecule has 158 valence electrons. The minimum Gasteiger partial charge on any atom is -0.459 e. The zero-order valence-electron chi connectivity index (χ0n) is 16.5. The summed E-state index contributed by atoms with van der Waals surface area (Å²) in [5.74, 6) is 0.301. The van der Waals surface area contributed by atoms with Crippen molar-refractivity contribution in [2.45, 2.75) is 13.8 Å². The van der Waals surface area contributed by atoms with Crippen LogP contribution in [0.2, 0.25) is 0 Å². The van der Waals surface area contributed by atoms with Gasteiger partial charge in [-0.3, -0.25) is 29.4 Å². The van der Waals surface area contributed by atoms with Crippen molar-refractivity contribution in [1.29, 1.82) is 0 Å². The molecule has 0 aliphatic rings.